The first kappa shape index (κ1) is 29.6. The van der Waals surface area contributed by atoms with Crippen LogP contribution in [0.5, 0.6) is 5.75 Å². The molecular weight excluding hydrogens is 464 g/mol. The van der Waals surface area contributed by atoms with Gasteiger partial charge >= 0.3 is 12.1 Å². The lowest BCUT2D eigenvalue weighted by Gasteiger charge is -2.25. The van der Waals surface area contributed by atoms with Gasteiger partial charge in [-0.15, -0.1) is 11.3 Å². The Hall–Kier alpha value is -3.48. The summed E-state index contributed by atoms with van der Waals surface area (Å²) in [4.78, 5) is 33.5. The minimum absolute atomic E-state index is 0.250. The molecule has 7 nitrogen and oxygen atoms in total. The van der Waals surface area contributed by atoms with Gasteiger partial charge in [-0.2, -0.15) is 9.59 Å². The minimum Gasteiger partial charge on any atom is -0.487 e. The molecule has 188 valence electrons. The number of hydrogen-bond donors (Lipinski definition) is 1. The molecule has 0 aliphatic carbocycles. The molecule has 0 saturated carbocycles. The molecule has 0 aliphatic rings. The van der Waals surface area contributed by atoms with Gasteiger partial charge in [0.05, 0.1) is 16.3 Å². The Bertz CT molecular complexity index is 1120. The highest BCUT2D eigenvalue weighted by molar-refractivity contribution is 7.09. The van der Waals surface area contributed by atoms with E-state index in [0.717, 1.165) is 34.1 Å². The van der Waals surface area contributed by atoms with Gasteiger partial charge in [-0.25, -0.2) is 4.79 Å². The summed E-state index contributed by atoms with van der Waals surface area (Å²) in [6.45, 7) is 13.9. The maximum atomic E-state index is 11.1. The number of rotatable bonds is 7. The fraction of sp³-hybridized carbons (Fsp3) is 0.370. The van der Waals surface area contributed by atoms with Gasteiger partial charge in [0, 0.05) is 25.2 Å². The second-order valence-corrected chi connectivity index (χ2v) is 9.65. The standard InChI is InChI=1S/C22H29NO3.C4H5NS.CO2/c1-14(2)12-23(6)20-10-15(3)16(4)11-21(20)26-13-19-8-7-18(22(24)25)9-17(19)5;1-4-5-2-3-6-4;2-1-3/h7-11,14H,12-13H2,1-6H3,(H,24,25);2-3H,1H3;. The van der Waals surface area contributed by atoms with Gasteiger partial charge in [0.2, 0.25) is 0 Å². The Morgan fingerprint density at radius 1 is 1.09 bits per heavy atom. The Morgan fingerprint density at radius 2 is 1.71 bits per heavy atom. The summed E-state index contributed by atoms with van der Waals surface area (Å²) < 4.78 is 6.15. The molecule has 1 N–H and O–H groups in total. The number of thiazole rings is 1. The van der Waals surface area contributed by atoms with Gasteiger partial charge in [-0.3, -0.25) is 4.98 Å². The first-order valence-corrected chi connectivity index (χ1v) is 12.0. The van der Waals surface area contributed by atoms with Crippen LogP contribution in [0.4, 0.5) is 5.69 Å². The number of carbonyl (C=O) groups is 1. The van der Waals surface area contributed by atoms with Crippen molar-refractivity contribution in [3.8, 4) is 5.75 Å². The van der Waals surface area contributed by atoms with Gasteiger partial charge in [0.25, 0.3) is 0 Å². The van der Waals surface area contributed by atoms with E-state index in [0.29, 0.717) is 18.1 Å². The summed E-state index contributed by atoms with van der Waals surface area (Å²) in [5, 5.41) is 12.2. The lowest BCUT2D eigenvalue weighted by molar-refractivity contribution is -0.191. The summed E-state index contributed by atoms with van der Waals surface area (Å²) in [6.07, 6.45) is 2.06. The number of carboxylic acid groups (broad SMARTS) is 1. The number of benzene rings is 2. The van der Waals surface area contributed by atoms with E-state index in [4.69, 9.17) is 19.4 Å². The molecule has 8 heteroatoms. The van der Waals surface area contributed by atoms with E-state index in [2.05, 4.69) is 56.8 Å². The summed E-state index contributed by atoms with van der Waals surface area (Å²) in [6, 6.07) is 9.40. The van der Waals surface area contributed by atoms with Gasteiger partial charge in [-0.1, -0.05) is 19.9 Å². The molecule has 1 heterocycles. The van der Waals surface area contributed by atoms with Crippen LogP contribution in [0.1, 0.15) is 51.5 Å². The van der Waals surface area contributed by atoms with Crippen molar-refractivity contribution < 1.29 is 24.2 Å². The molecule has 0 fully saturated rings. The molecule has 0 bridgehead atoms. The Labute approximate surface area is 211 Å². The molecule has 0 atom stereocenters. The van der Waals surface area contributed by atoms with Crippen LogP contribution in [0.15, 0.2) is 41.9 Å². The van der Waals surface area contributed by atoms with E-state index in [9.17, 15) is 4.79 Å². The molecule has 0 radical (unpaired) electrons. The van der Waals surface area contributed by atoms with E-state index in [1.807, 2.05) is 25.3 Å². The summed E-state index contributed by atoms with van der Waals surface area (Å²) in [5.41, 5.74) is 5.73. The Balaban J connectivity index is 0.000000572. The predicted octanol–water partition coefficient (Wildman–Crippen LogP) is 5.85. The second kappa shape index (κ2) is 14.7. The van der Waals surface area contributed by atoms with Crippen molar-refractivity contribution in [2.45, 2.75) is 48.1 Å². The third kappa shape index (κ3) is 10.1. The molecule has 0 saturated heterocycles. The van der Waals surface area contributed by atoms with Crippen LogP contribution in [0, 0.1) is 33.6 Å². The van der Waals surface area contributed by atoms with Crippen LogP contribution in [0.3, 0.4) is 0 Å². The van der Waals surface area contributed by atoms with Crippen molar-refractivity contribution in [1.82, 2.24) is 4.98 Å². The molecule has 0 unspecified atom stereocenters. The fourth-order valence-corrected chi connectivity index (χ4v) is 3.72. The lowest BCUT2D eigenvalue weighted by atomic mass is 10.1. The van der Waals surface area contributed by atoms with Crippen molar-refractivity contribution in [2.75, 3.05) is 18.5 Å². The van der Waals surface area contributed by atoms with E-state index in [-0.39, 0.29) is 6.15 Å². The number of aromatic nitrogens is 1. The summed E-state index contributed by atoms with van der Waals surface area (Å²) >= 11 is 1.67. The van der Waals surface area contributed by atoms with Crippen LogP contribution in [0.2, 0.25) is 0 Å². The van der Waals surface area contributed by atoms with E-state index in [1.54, 1.807) is 29.7 Å². The van der Waals surface area contributed by atoms with Gasteiger partial charge < -0.3 is 14.7 Å². The number of anilines is 1. The van der Waals surface area contributed by atoms with Crippen molar-refractivity contribution in [2.24, 2.45) is 5.92 Å². The minimum atomic E-state index is -0.910. The number of aryl methyl sites for hydroxylation is 4. The van der Waals surface area contributed by atoms with Crippen molar-refractivity contribution in [3.05, 3.63) is 74.7 Å². The van der Waals surface area contributed by atoms with Crippen LogP contribution < -0.4 is 9.64 Å². The van der Waals surface area contributed by atoms with Crippen molar-refractivity contribution >= 4 is 29.1 Å². The third-order valence-electron chi connectivity index (χ3n) is 5.15. The Morgan fingerprint density at radius 3 is 2.17 bits per heavy atom. The van der Waals surface area contributed by atoms with Crippen LogP contribution in [0.25, 0.3) is 0 Å². The molecule has 0 aliphatic heterocycles. The molecule has 2 aromatic carbocycles. The summed E-state index contributed by atoms with van der Waals surface area (Å²) in [7, 11) is 2.09. The van der Waals surface area contributed by atoms with Gasteiger partial charge in [-0.05, 0) is 80.1 Å². The highest BCUT2D eigenvalue weighted by Gasteiger charge is 2.13. The van der Waals surface area contributed by atoms with E-state index in [1.165, 1.54) is 11.1 Å². The number of ether oxygens (including phenoxy) is 1. The lowest BCUT2D eigenvalue weighted by Crippen LogP contribution is -2.23. The average Bonchev–Trinajstić information content (AvgIpc) is 3.26. The molecule has 0 spiro atoms. The van der Waals surface area contributed by atoms with Crippen molar-refractivity contribution in [3.63, 3.8) is 0 Å². The maximum absolute atomic E-state index is 11.1. The van der Waals surface area contributed by atoms with E-state index < -0.39 is 5.97 Å². The SMILES string of the molecule is Cc1cc(OCc2ccc(C(=O)O)cc2C)c(N(C)CC(C)C)cc1C.Cc1nccs1.O=C=O. The van der Waals surface area contributed by atoms with Crippen LogP contribution >= 0.6 is 11.3 Å². The number of carbonyl (C=O) groups excluding carboxylic acids is 2. The molecule has 3 aromatic rings. The largest absolute Gasteiger partial charge is 0.487 e. The average molecular weight is 499 g/mol. The zero-order valence-electron chi connectivity index (χ0n) is 21.4. The first-order chi connectivity index (χ1) is 16.5. The number of carboxylic acids is 1. The molecule has 3 rings (SSSR count). The zero-order valence-corrected chi connectivity index (χ0v) is 22.2. The second-order valence-electron chi connectivity index (χ2n) is 8.55. The Kier molecular flexibility index (Phi) is 12.4. The van der Waals surface area contributed by atoms with Crippen LogP contribution in [-0.2, 0) is 16.2 Å². The highest BCUT2D eigenvalue weighted by Crippen LogP contribution is 2.32. The van der Waals surface area contributed by atoms with Crippen molar-refractivity contribution in [1.29, 1.82) is 0 Å². The number of aromatic carboxylic acids is 1. The van der Waals surface area contributed by atoms with E-state index >= 15 is 0 Å². The number of hydrogen-bond acceptors (Lipinski definition) is 7. The highest BCUT2D eigenvalue weighted by atomic mass is 32.1. The monoisotopic (exact) mass is 498 g/mol. The molecule has 35 heavy (non-hydrogen) atoms. The molecule has 0 amide bonds. The number of nitrogens with zero attached hydrogens (tertiary/aromatic N) is 2. The normalized spacial score (nSPS) is 9.83. The molecular formula is C27H34N2O5S. The first-order valence-electron chi connectivity index (χ1n) is 11.1. The smallest absolute Gasteiger partial charge is 0.373 e. The third-order valence-corrected chi connectivity index (χ3v) is 5.86. The quantitative estimate of drug-likeness (QED) is 0.436. The molecule has 1 aromatic heterocycles. The topological polar surface area (TPSA) is 96.8 Å². The summed E-state index contributed by atoms with van der Waals surface area (Å²) in [5.74, 6) is 0.505. The van der Waals surface area contributed by atoms with Crippen LogP contribution in [-0.4, -0.2) is 35.8 Å². The zero-order chi connectivity index (χ0) is 26.5. The fourth-order valence-electron chi connectivity index (χ4n) is 3.28. The van der Waals surface area contributed by atoms with Gasteiger partial charge in [0.15, 0.2) is 0 Å². The van der Waals surface area contributed by atoms with Gasteiger partial charge in [0.1, 0.15) is 12.4 Å². The maximum Gasteiger partial charge on any atom is 0.373 e. The predicted molar refractivity (Wildman–Crippen MR) is 138 cm³/mol.